The fourth-order valence-corrected chi connectivity index (χ4v) is 9.49. The largest absolute Gasteiger partial charge is 0.462 e. The van der Waals surface area contributed by atoms with Gasteiger partial charge in [0, 0.05) is 19.3 Å². The summed E-state index contributed by atoms with van der Waals surface area (Å²) in [7, 11) is 0. The number of carbonyl (C=O) groups excluding carboxylic acids is 3. The van der Waals surface area contributed by atoms with E-state index in [1.54, 1.807) is 0 Å². The second-order valence-corrected chi connectivity index (χ2v) is 22.7. The Morgan fingerprint density at radius 3 is 0.735 bits per heavy atom. The minimum absolute atomic E-state index is 0.0909. The summed E-state index contributed by atoms with van der Waals surface area (Å²) in [6, 6.07) is 0. The van der Waals surface area contributed by atoms with Gasteiger partial charge < -0.3 is 14.2 Å². The molecule has 0 aliphatic rings. The SMILES string of the molecule is CC/C=C\C/C=C\C/C=C\C/C=C\CCCCCCCCCCCCC(=O)OCC(COC(=O)CCCCCCCC/C=C\C/C=C\C/C=C\CCCCCCC)OC(=O)CCCCCCCCCC/C=C\C/C=C\C/C=C\C/C=C\CC. The number of hydrogen-bond acceptors (Lipinski definition) is 6. The Labute approximate surface area is 513 Å². The Morgan fingerprint density at radius 2 is 0.470 bits per heavy atom. The van der Waals surface area contributed by atoms with Crippen LogP contribution >= 0.6 is 0 Å². The number of esters is 3. The van der Waals surface area contributed by atoms with Crippen molar-refractivity contribution < 1.29 is 28.6 Å². The van der Waals surface area contributed by atoms with Crippen molar-refractivity contribution >= 4 is 17.9 Å². The predicted molar refractivity (Wildman–Crippen MR) is 362 cm³/mol. The molecule has 0 saturated carbocycles. The first kappa shape index (κ1) is 78.5. The van der Waals surface area contributed by atoms with Crippen LogP contribution in [-0.2, 0) is 28.6 Å². The number of ether oxygens (including phenoxy) is 3. The van der Waals surface area contributed by atoms with Gasteiger partial charge in [0.15, 0.2) is 6.10 Å². The molecule has 83 heavy (non-hydrogen) atoms. The second-order valence-electron chi connectivity index (χ2n) is 22.7. The summed E-state index contributed by atoms with van der Waals surface area (Å²) in [4.78, 5) is 38.5. The minimum atomic E-state index is -0.797. The van der Waals surface area contributed by atoms with E-state index in [2.05, 4.69) is 154 Å². The van der Waals surface area contributed by atoms with Gasteiger partial charge >= 0.3 is 17.9 Å². The molecule has 1 atom stereocenters. The first-order valence-electron chi connectivity index (χ1n) is 34.7. The van der Waals surface area contributed by atoms with Crippen LogP contribution in [0.3, 0.4) is 0 Å². The Morgan fingerprint density at radius 1 is 0.253 bits per heavy atom. The fourth-order valence-electron chi connectivity index (χ4n) is 9.49. The van der Waals surface area contributed by atoms with E-state index in [-0.39, 0.29) is 31.1 Å². The average Bonchev–Trinajstić information content (AvgIpc) is 3.49. The molecule has 6 heteroatoms. The first-order valence-corrected chi connectivity index (χ1v) is 34.7. The summed E-state index contributed by atoms with van der Waals surface area (Å²) in [6.07, 6.45) is 98.8. The molecular weight excluding hydrogens is 1020 g/mol. The molecule has 1 unspecified atom stereocenters. The molecule has 0 aromatic carbocycles. The molecule has 0 rings (SSSR count). The van der Waals surface area contributed by atoms with Gasteiger partial charge in [-0.1, -0.05) is 296 Å². The van der Waals surface area contributed by atoms with Crippen LogP contribution in [0.25, 0.3) is 0 Å². The van der Waals surface area contributed by atoms with Crippen molar-refractivity contribution in [3.63, 3.8) is 0 Å². The van der Waals surface area contributed by atoms with Gasteiger partial charge in [0.05, 0.1) is 0 Å². The van der Waals surface area contributed by atoms with Gasteiger partial charge in [0.2, 0.25) is 0 Å². The van der Waals surface area contributed by atoms with Crippen LogP contribution in [0.4, 0.5) is 0 Å². The third-order valence-electron chi connectivity index (χ3n) is 14.6. The lowest BCUT2D eigenvalue weighted by atomic mass is 10.1. The van der Waals surface area contributed by atoms with Gasteiger partial charge in [-0.2, -0.15) is 0 Å². The normalized spacial score (nSPS) is 13.0. The quantitative estimate of drug-likeness (QED) is 0.0261. The van der Waals surface area contributed by atoms with Crippen molar-refractivity contribution in [2.75, 3.05) is 13.2 Å². The van der Waals surface area contributed by atoms with E-state index in [9.17, 15) is 14.4 Å². The highest BCUT2D eigenvalue weighted by Gasteiger charge is 2.19. The second kappa shape index (κ2) is 70.0. The zero-order chi connectivity index (χ0) is 59.9. The molecule has 0 fully saturated rings. The van der Waals surface area contributed by atoms with E-state index in [1.165, 1.54) is 141 Å². The van der Waals surface area contributed by atoms with E-state index in [4.69, 9.17) is 14.2 Å². The summed E-state index contributed by atoms with van der Waals surface area (Å²) >= 11 is 0. The number of allylic oxidation sites excluding steroid dienone is 22. The Hall–Kier alpha value is -4.45. The number of unbranched alkanes of at least 4 members (excludes halogenated alkanes) is 29. The maximum Gasteiger partial charge on any atom is 0.306 e. The lowest BCUT2D eigenvalue weighted by molar-refractivity contribution is -0.167. The summed E-state index contributed by atoms with van der Waals surface area (Å²) in [5, 5.41) is 0. The molecular formula is C77H128O6. The minimum Gasteiger partial charge on any atom is -0.462 e. The van der Waals surface area contributed by atoms with Crippen LogP contribution in [-0.4, -0.2) is 37.2 Å². The molecule has 6 nitrogen and oxygen atoms in total. The van der Waals surface area contributed by atoms with E-state index in [0.717, 1.165) is 135 Å². The van der Waals surface area contributed by atoms with E-state index >= 15 is 0 Å². The lowest BCUT2D eigenvalue weighted by Gasteiger charge is -2.18. The highest BCUT2D eigenvalue weighted by Crippen LogP contribution is 2.16. The molecule has 0 radical (unpaired) electrons. The average molecular weight is 1150 g/mol. The van der Waals surface area contributed by atoms with Crippen molar-refractivity contribution in [1.29, 1.82) is 0 Å². The highest BCUT2D eigenvalue weighted by atomic mass is 16.6. The van der Waals surface area contributed by atoms with Crippen LogP contribution in [0.1, 0.15) is 316 Å². The Balaban J connectivity index is 4.45. The molecule has 0 aliphatic carbocycles. The molecule has 0 N–H and O–H groups in total. The van der Waals surface area contributed by atoms with Crippen molar-refractivity contribution in [3.05, 3.63) is 134 Å². The van der Waals surface area contributed by atoms with E-state index < -0.39 is 6.10 Å². The van der Waals surface area contributed by atoms with Crippen molar-refractivity contribution in [2.24, 2.45) is 0 Å². The molecule has 0 saturated heterocycles. The molecule has 0 aromatic rings. The zero-order valence-corrected chi connectivity index (χ0v) is 54.2. The summed E-state index contributed by atoms with van der Waals surface area (Å²) < 4.78 is 17.0. The monoisotopic (exact) mass is 1150 g/mol. The van der Waals surface area contributed by atoms with Crippen LogP contribution in [0, 0.1) is 0 Å². The van der Waals surface area contributed by atoms with Crippen LogP contribution in [0.2, 0.25) is 0 Å². The third kappa shape index (κ3) is 68.2. The number of rotatable bonds is 62. The Bertz CT molecular complexity index is 1750. The smallest absolute Gasteiger partial charge is 0.306 e. The highest BCUT2D eigenvalue weighted by molar-refractivity contribution is 5.71. The number of hydrogen-bond donors (Lipinski definition) is 0. The van der Waals surface area contributed by atoms with Gasteiger partial charge in [-0.25, -0.2) is 0 Å². The van der Waals surface area contributed by atoms with Crippen molar-refractivity contribution in [2.45, 2.75) is 322 Å². The van der Waals surface area contributed by atoms with E-state index in [0.29, 0.717) is 19.3 Å². The van der Waals surface area contributed by atoms with Gasteiger partial charge in [0.25, 0.3) is 0 Å². The van der Waals surface area contributed by atoms with Crippen molar-refractivity contribution in [3.8, 4) is 0 Å². The van der Waals surface area contributed by atoms with E-state index in [1.807, 2.05) is 0 Å². The topological polar surface area (TPSA) is 78.9 Å². The summed E-state index contributed by atoms with van der Waals surface area (Å²) in [5.74, 6) is -0.907. The molecule has 0 amide bonds. The van der Waals surface area contributed by atoms with Crippen LogP contribution in [0.5, 0.6) is 0 Å². The molecule has 0 aromatic heterocycles. The number of carbonyl (C=O) groups is 3. The summed E-state index contributed by atoms with van der Waals surface area (Å²) in [5.41, 5.74) is 0. The standard InChI is InChI=1S/C77H128O6/c1-4-7-10-13-16-19-22-25-28-31-34-37-38-41-43-46-49-52-55-58-61-64-67-70-76(79)82-73-74(83-77(80)71-68-65-62-59-56-53-50-47-44-40-36-33-30-27-24-21-18-15-12-9-6-3)72-81-75(78)69-66-63-60-57-54-51-48-45-42-39-35-32-29-26-23-20-17-14-11-8-5-2/h7,9-10,12,16,18-19,21,23,25-28,30,32,34-37,40,42,45,74H,4-6,8,11,13-15,17,20,22,24,29,31,33,38-39,41,43-44,46-73H2,1-3H3/b10-7-,12-9-,19-16-,21-18-,26-23-,28-25-,30-27-,35-32-,37-34-,40-36-,45-42-. The predicted octanol–water partition coefficient (Wildman–Crippen LogP) is 24.1. The fraction of sp³-hybridized carbons (Fsp3) is 0.675. The summed E-state index contributed by atoms with van der Waals surface area (Å²) in [6.45, 7) is 6.41. The first-order chi connectivity index (χ1) is 41.0. The van der Waals surface area contributed by atoms with Gasteiger partial charge in [-0.3, -0.25) is 14.4 Å². The van der Waals surface area contributed by atoms with Gasteiger partial charge in [-0.05, 0) is 135 Å². The zero-order valence-electron chi connectivity index (χ0n) is 54.2. The molecule has 0 heterocycles. The maximum atomic E-state index is 13.0. The molecule has 0 aliphatic heterocycles. The van der Waals surface area contributed by atoms with Crippen LogP contribution in [0.15, 0.2) is 134 Å². The van der Waals surface area contributed by atoms with Gasteiger partial charge in [0.1, 0.15) is 13.2 Å². The van der Waals surface area contributed by atoms with Crippen LogP contribution < -0.4 is 0 Å². The molecule has 0 bridgehead atoms. The lowest BCUT2D eigenvalue weighted by Crippen LogP contribution is -2.30. The maximum absolute atomic E-state index is 13.0. The van der Waals surface area contributed by atoms with Crippen molar-refractivity contribution in [1.82, 2.24) is 0 Å². The molecule has 0 spiro atoms. The molecule has 472 valence electrons. The third-order valence-corrected chi connectivity index (χ3v) is 14.6. The Kier molecular flexibility index (Phi) is 66.3. The van der Waals surface area contributed by atoms with Gasteiger partial charge in [-0.15, -0.1) is 0 Å².